The summed E-state index contributed by atoms with van der Waals surface area (Å²) in [5.41, 5.74) is 2.62. The number of sulfonamides is 1. The average Bonchev–Trinajstić information content (AvgIpc) is 2.97. The smallest absolute Gasteiger partial charge is 0.264 e. The summed E-state index contributed by atoms with van der Waals surface area (Å²) in [4.78, 5) is 0.297. The first-order valence-electron chi connectivity index (χ1n) is 7.31. The number of hydrogen-bond acceptors (Lipinski definition) is 4. The molecule has 122 valence electrons. The molecule has 2 aromatic rings. The lowest BCUT2D eigenvalue weighted by molar-refractivity contribution is 0.355. The fourth-order valence-corrected chi connectivity index (χ4v) is 4.27. The van der Waals surface area contributed by atoms with E-state index in [0.29, 0.717) is 35.0 Å². The lowest BCUT2D eigenvalue weighted by Gasteiger charge is -2.20. The summed E-state index contributed by atoms with van der Waals surface area (Å²) in [5.74, 6) is 1.14. The third-order valence-electron chi connectivity index (χ3n) is 4.05. The summed E-state index contributed by atoms with van der Waals surface area (Å²) in [7, 11) is -0.467. The molecule has 1 heterocycles. The SMILES string of the molecule is COc1cc2c(cc1OC)N(S(=O)(=O)c1ccc(C)cc1)CC2. The van der Waals surface area contributed by atoms with Gasteiger partial charge in [0.2, 0.25) is 0 Å². The Kier molecular flexibility index (Phi) is 3.93. The van der Waals surface area contributed by atoms with Gasteiger partial charge in [0.15, 0.2) is 11.5 Å². The van der Waals surface area contributed by atoms with E-state index < -0.39 is 10.0 Å². The molecule has 3 rings (SSSR count). The second kappa shape index (κ2) is 5.77. The number of methoxy groups -OCH3 is 2. The van der Waals surface area contributed by atoms with Crippen molar-refractivity contribution in [2.75, 3.05) is 25.1 Å². The molecule has 23 heavy (non-hydrogen) atoms. The van der Waals surface area contributed by atoms with E-state index >= 15 is 0 Å². The van der Waals surface area contributed by atoms with Gasteiger partial charge in [0.1, 0.15) is 0 Å². The topological polar surface area (TPSA) is 55.8 Å². The van der Waals surface area contributed by atoms with Crippen molar-refractivity contribution in [3.63, 3.8) is 0 Å². The zero-order valence-electron chi connectivity index (χ0n) is 13.4. The summed E-state index contributed by atoms with van der Waals surface area (Å²) < 4.78 is 37.9. The molecular formula is C17H19NO4S. The summed E-state index contributed by atoms with van der Waals surface area (Å²) in [6, 6.07) is 10.5. The van der Waals surface area contributed by atoms with E-state index in [1.165, 1.54) is 11.4 Å². The zero-order valence-corrected chi connectivity index (χ0v) is 14.2. The lowest BCUT2D eigenvalue weighted by Crippen LogP contribution is -2.29. The van der Waals surface area contributed by atoms with E-state index in [9.17, 15) is 8.42 Å². The second-order valence-electron chi connectivity index (χ2n) is 5.48. The van der Waals surface area contributed by atoms with Crippen LogP contribution in [0.5, 0.6) is 11.5 Å². The molecule has 0 amide bonds. The van der Waals surface area contributed by atoms with Crippen LogP contribution >= 0.6 is 0 Å². The standard InChI is InChI=1S/C17H19NO4S/c1-12-4-6-14(7-5-12)23(19,20)18-9-8-13-10-16(21-2)17(22-3)11-15(13)18/h4-7,10-11H,8-9H2,1-3H3. The van der Waals surface area contributed by atoms with Gasteiger partial charge < -0.3 is 9.47 Å². The Morgan fingerprint density at radius 1 is 1.00 bits per heavy atom. The van der Waals surface area contributed by atoms with Gasteiger partial charge in [0.25, 0.3) is 10.0 Å². The predicted molar refractivity (Wildman–Crippen MR) is 89.0 cm³/mol. The van der Waals surface area contributed by atoms with Crippen LogP contribution in [0.15, 0.2) is 41.3 Å². The maximum absolute atomic E-state index is 12.9. The van der Waals surface area contributed by atoms with Crippen LogP contribution in [0.1, 0.15) is 11.1 Å². The van der Waals surface area contributed by atoms with Gasteiger partial charge in [-0.3, -0.25) is 4.31 Å². The third-order valence-corrected chi connectivity index (χ3v) is 5.87. The Labute approximate surface area is 136 Å². The van der Waals surface area contributed by atoms with Crippen molar-refractivity contribution < 1.29 is 17.9 Å². The van der Waals surface area contributed by atoms with Crippen LogP contribution in [0.4, 0.5) is 5.69 Å². The molecular weight excluding hydrogens is 314 g/mol. The Bertz CT molecular complexity index is 828. The second-order valence-corrected chi connectivity index (χ2v) is 7.34. The van der Waals surface area contributed by atoms with Gasteiger partial charge in [-0.15, -0.1) is 0 Å². The molecule has 0 aromatic heterocycles. The Morgan fingerprint density at radius 3 is 2.22 bits per heavy atom. The van der Waals surface area contributed by atoms with Gasteiger partial charge in [0, 0.05) is 12.6 Å². The lowest BCUT2D eigenvalue weighted by atomic mass is 10.1. The number of hydrogen-bond donors (Lipinski definition) is 0. The first-order chi connectivity index (χ1) is 11.0. The summed E-state index contributed by atoms with van der Waals surface area (Å²) in [6.45, 7) is 2.35. The van der Waals surface area contributed by atoms with Crippen molar-refractivity contribution in [3.05, 3.63) is 47.5 Å². The Balaban J connectivity index is 2.06. The molecule has 0 atom stereocenters. The van der Waals surface area contributed by atoms with Gasteiger partial charge >= 0.3 is 0 Å². The molecule has 0 spiro atoms. The monoisotopic (exact) mass is 333 g/mol. The highest BCUT2D eigenvalue weighted by molar-refractivity contribution is 7.92. The molecule has 1 aliphatic rings. The highest BCUT2D eigenvalue weighted by atomic mass is 32.2. The fourth-order valence-electron chi connectivity index (χ4n) is 2.77. The van der Waals surface area contributed by atoms with Crippen molar-refractivity contribution in [2.24, 2.45) is 0 Å². The average molecular weight is 333 g/mol. The Morgan fingerprint density at radius 2 is 1.61 bits per heavy atom. The van der Waals surface area contributed by atoms with E-state index in [1.54, 1.807) is 37.4 Å². The van der Waals surface area contributed by atoms with Crippen LogP contribution in [0.25, 0.3) is 0 Å². The zero-order chi connectivity index (χ0) is 16.6. The minimum Gasteiger partial charge on any atom is -0.493 e. The highest BCUT2D eigenvalue weighted by Crippen LogP contribution is 2.40. The summed E-state index contributed by atoms with van der Waals surface area (Å²) >= 11 is 0. The van der Waals surface area contributed by atoms with Gasteiger partial charge in [0.05, 0.1) is 24.8 Å². The quantitative estimate of drug-likeness (QED) is 0.863. The molecule has 0 saturated carbocycles. The van der Waals surface area contributed by atoms with Crippen molar-refractivity contribution >= 4 is 15.7 Å². The first-order valence-corrected chi connectivity index (χ1v) is 8.75. The van der Waals surface area contributed by atoms with Crippen molar-refractivity contribution in [1.82, 2.24) is 0 Å². The summed E-state index contributed by atoms with van der Waals surface area (Å²) in [5, 5.41) is 0. The van der Waals surface area contributed by atoms with Crippen LogP contribution in [-0.4, -0.2) is 29.2 Å². The number of rotatable bonds is 4. The number of anilines is 1. The molecule has 5 nitrogen and oxygen atoms in total. The van der Waals surface area contributed by atoms with Crippen LogP contribution in [0, 0.1) is 6.92 Å². The maximum atomic E-state index is 12.9. The van der Waals surface area contributed by atoms with Crippen LogP contribution in [-0.2, 0) is 16.4 Å². The van der Waals surface area contributed by atoms with Gasteiger partial charge in [-0.05, 0) is 37.1 Å². The van der Waals surface area contributed by atoms with E-state index in [-0.39, 0.29) is 0 Å². The van der Waals surface area contributed by atoms with Crippen molar-refractivity contribution in [2.45, 2.75) is 18.2 Å². The number of benzene rings is 2. The van der Waals surface area contributed by atoms with E-state index in [2.05, 4.69) is 0 Å². The maximum Gasteiger partial charge on any atom is 0.264 e. The fraction of sp³-hybridized carbons (Fsp3) is 0.294. The molecule has 0 N–H and O–H groups in total. The minimum atomic E-state index is -3.58. The van der Waals surface area contributed by atoms with Crippen LogP contribution in [0.3, 0.4) is 0 Å². The van der Waals surface area contributed by atoms with Crippen molar-refractivity contribution in [3.8, 4) is 11.5 Å². The van der Waals surface area contributed by atoms with Gasteiger partial charge in [-0.25, -0.2) is 8.42 Å². The molecule has 0 saturated heterocycles. The molecule has 0 aliphatic carbocycles. The number of nitrogens with zero attached hydrogens (tertiary/aromatic N) is 1. The van der Waals surface area contributed by atoms with Crippen molar-refractivity contribution in [1.29, 1.82) is 0 Å². The normalized spacial score (nSPS) is 13.8. The minimum absolute atomic E-state index is 0.297. The van der Waals surface area contributed by atoms with E-state index in [0.717, 1.165) is 11.1 Å². The van der Waals surface area contributed by atoms with Gasteiger partial charge in [-0.1, -0.05) is 17.7 Å². The molecule has 6 heteroatoms. The molecule has 0 unspecified atom stereocenters. The molecule has 2 aromatic carbocycles. The Hall–Kier alpha value is -2.21. The molecule has 0 radical (unpaired) electrons. The highest BCUT2D eigenvalue weighted by Gasteiger charge is 2.32. The van der Waals surface area contributed by atoms with Gasteiger partial charge in [-0.2, -0.15) is 0 Å². The molecule has 1 aliphatic heterocycles. The largest absolute Gasteiger partial charge is 0.493 e. The first kappa shape index (κ1) is 15.7. The molecule has 0 fully saturated rings. The third kappa shape index (κ3) is 2.63. The van der Waals surface area contributed by atoms with Crippen LogP contribution < -0.4 is 13.8 Å². The summed E-state index contributed by atoms with van der Waals surface area (Å²) in [6.07, 6.45) is 0.654. The van der Waals surface area contributed by atoms with E-state index in [1.807, 2.05) is 13.0 Å². The van der Waals surface area contributed by atoms with E-state index in [4.69, 9.17) is 9.47 Å². The molecule has 0 bridgehead atoms. The predicted octanol–water partition coefficient (Wildman–Crippen LogP) is 2.76. The number of fused-ring (bicyclic) bond motifs is 1. The van der Waals surface area contributed by atoms with Crippen LogP contribution in [0.2, 0.25) is 0 Å². The number of ether oxygens (including phenoxy) is 2. The number of aryl methyl sites for hydroxylation is 1.